The minimum atomic E-state index is -3.81. The minimum absolute atomic E-state index is 0.121. The lowest BCUT2D eigenvalue weighted by Gasteiger charge is -2.37. The topological polar surface area (TPSA) is 78.5 Å². The van der Waals surface area contributed by atoms with Crippen molar-refractivity contribution in [2.75, 3.05) is 11.9 Å². The Hall–Kier alpha value is -1.52. The van der Waals surface area contributed by atoms with Gasteiger partial charge in [0.2, 0.25) is 5.91 Å². The lowest BCUT2D eigenvalue weighted by molar-refractivity contribution is -0.120. The molecule has 0 bridgehead atoms. The van der Waals surface area contributed by atoms with Crippen LogP contribution in [0.3, 0.4) is 0 Å². The van der Waals surface area contributed by atoms with Gasteiger partial charge < -0.3 is 5.32 Å². The molecule has 2 N–H and O–H groups in total. The van der Waals surface area contributed by atoms with Crippen LogP contribution in [0.25, 0.3) is 0 Å². The van der Waals surface area contributed by atoms with Crippen molar-refractivity contribution in [3.8, 4) is 0 Å². The molecule has 1 aromatic carbocycles. The number of halogens is 2. The monoisotopic (exact) mass is 417 g/mol. The molecular formula is C16H17ClFN3O3S2. The van der Waals surface area contributed by atoms with E-state index in [1.807, 2.05) is 17.5 Å². The van der Waals surface area contributed by atoms with Crippen LogP contribution in [0.2, 0.25) is 5.02 Å². The number of carbonyl (C=O) groups excluding carboxylic acids is 1. The maximum atomic E-state index is 13.3. The van der Waals surface area contributed by atoms with Crippen molar-refractivity contribution in [2.24, 2.45) is 0 Å². The number of carbonyl (C=O) groups is 1. The van der Waals surface area contributed by atoms with Crippen LogP contribution in [0.15, 0.2) is 35.7 Å². The van der Waals surface area contributed by atoms with Crippen molar-refractivity contribution in [1.29, 1.82) is 0 Å². The van der Waals surface area contributed by atoms with Gasteiger partial charge in [-0.3, -0.25) is 4.79 Å². The first kappa shape index (κ1) is 19.2. The predicted octanol–water partition coefficient (Wildman–Crippen LogP) is 3.15. The van der Waals surface area contributed by atoms with Crippen LogP contribution in [0, 0.1) is 5.82 Å². The summed E-state index contributed by atoms with van der Waals surface area (Å²) in [5, 5.41) is 4.36. The summed E-state index contributed by atoms with van der Waals surface area (Å²) in [5.41, 5.74) is 0.307. The number of likely N-dealkylation sites (N-methyl/N-ethyl adjacent to an activating group) is 1. The second-order valence-electron chi connectivity index (χ2n) is 5.76. The average molecular weight is 418 g/mol. The molecule has 1 aromatic heterocycles. The standard InChI is InChI=1S/C16H17ClFN3O3S2/c1-2-21-14(16(22)19-10-5-6-12(18)11(17)8-10)9-13(20-26(21,23)24)15-4-3-7-25-15/h3-8,13-14,20H,2,9H2,1H3,(H,19,22). The van der Waals surface area contributed by atoms with Crippen LogP contribution in [0.1, 0.15) is 24.3 Å². The third kappa shape index (κ3) is 3.91. The van der Waals surface area contributed by atoms with Gasteiger partial charge in [0.15, 0.2) is 0 Å². The SMILES string of the molecule is CCN1C(C(=O)Nc2ccc(F)c(Cl)c2)CC(c2cccs2)NS1(=O)=O. The molecule has 140 valence electrons. The third-order valence-electron chi connectivity index (χ3n) is 4.09. The van der Waals surface area contributed by atoms with Gasteiger partial charge in [0.1, 0.15) is 11.9 Å². The zero-order chi connectivity index (χ0) is 18.9. The molecule has 2 heterocycles. The van der Waals surface area contributed by atoms with Gasteiger partial charge in [-0.1, -0.05) is 24.6 Å². The molecule has 10 heteroatoms. The van der Waals surface area contributed by atoms with Crippen molar-refractivity contribution in [3.63, 3.8) is 0 Å². The number of hydrogen-bond donors (Lipinski definition) is 2. The quantitative estimate of drug-likeness (QED) is 0.802. The Morgan fingerprint density at radius 1 is 1.46 bits per heavy atom. The second kappa shape index (κ2) is 7.61. The van der Waals surface area contributed by atoms with E-state index >= 15 is 0 Å². The largest absolute Gasteiger partial charge is 0.325 e. The molecule has 0 radical (unpaired) electrons. The Kier molecular flexibility index (Phi) is 5.64. The molecule has 0 saturated carbocycles. The zero-order valence-corrected chi connectivity index (χ0v) is 16.2. The fourth-order valence-corrected chi connectivity index (χ4v) is 5.52. The van der Waals surface area contributed by atoms with E-state index in [9.17, 15) is 17.6 Å². The first-order valence-electron chi connectivity index (χ1n) is 7.90. The van der Waals surface area contributed by atoms with Crippen molar-refractivity contribution in [1.82, 2.24) is 9.03 Å². The van der Waals surface area contributed by atoms with Crippen molar-refractivity contribution < 1.29 is 17.6 Å². The average Bonchev–Trinajstić information content (AvgIpc) is 3.11. The first-order valence-corrected chi connectivity index (χ1v) is 10.6. The molecule has 0 spiro atoms. The van der Waals surface area contributed by atoms with Gasteiger partial charge in [0.25, 0.3) is 10.2 Å². The van der Waals surface area contributed by atoms with Gasteiger partial charge in [0, 0.05) is 17.1 Å². The molecule has 6 nitrogen and oxygen atoms in total. The number of nitrogens with one attached hydrogen (secondary N) is 2. The van der Waals surface area contributed by atoms with Crippen molar-refractivity contribution in [3.05, 3.63) is 51.4 Å². The van der Waals surface area contributed by atoms with Gasteiger partial charge in [-0.2, -0.15) is 17.4 Å². The van der Waals surface area contributed by atoms with E-state index in [0.29, 0.717) is 5.69 Å². The Labute approximate surface area is 160 Å². The number of nitrogens with zero attached hydrogens (tertiary/aromatic N) is 1. The van der Waals surface area contributed by atoms with Crippen molar-refractivity contribution in [2.45, 2.75) is 25.4 Å². The first-order chi connectivity index (χ1) is 12.3. The Morgan fingerprint density at radius 3 is 2.85 bits per heavy atom. The summed E-state index contributed by atoms with van der Waals surface area (Å²) in [6, 6.07) is 6.10. The molecule has 1 saturated heterocycles. The van der Waals surface area contributed by atoms with E-state index in [1.165, 1.54) is 23.5 Å². The molecule has 1 aliphatic heterocycles. The smallest absolute Gasteiger partial charge is 0.280 e. The number of amides is 1. The van der Waals surface area contributed by atoms with Gasteiger partial charge in [-0.25, -0.2) is 4.39 Å². The van der Waals surface area contributed by atoms with E-state index in [-0.39, 0.29) is 18.0 Å². The molecule has 2 aromatic rings. The third-order valence-corrected chi connectivity index (χ3v) is 7.08. The zero-order valence-electron chi connectivity index (χ0n) is 13.8. The van der Waals surface area contributed by atoms with E-state index in [0.717, 1.165) is 15.2 Å². The lowest BCUT2D eigenvalue weighted by atomic mass is 10.1. The predicted molar refractivity (Wildman–Crippen MR) is 99.9 cm³/mol. The molecule has 2 atom stereocenters. The Bertz CT molecular complexity index is 905. The number of benzene rings is 1. The second-order valence-corrected chi connectivity index (χ2v) is 8.81. The van der Waals surface area contributed by atoms with E-state index in [2.05, 4.69) is 10.0 Å². The summed E-state index contributed by atoms with van der Waals surface area (Å²) in [6.45, 7) is 1.81. The molecule has 2 unspecified atom stereocenters. The summed E-state index contributed by atoms with van der Waals surface area (Å²) in [4.78, 5) is 13.6. The number of thiophene rings is 1. The van der Waals surface area contributed by atoms with Crippen LogP contribution < -0.4 is 10.0 Å². The van der Waals surface area contributed by atoms with Crippen LogP contribution in [0.5, 0.6) is 0 Å². The van der Waals surface area contributed by atoms with Crippen LogP contribution in [-0.4, -0.2) is 31.2 Å². The molecular weight excluding hydrogens is 401 g/mol. The van der Waals surface area contributed by atoms with Gasteiger partial charge in [-0.05, 0) is 36.1 Å². The molecule has 3 rings (SSSR count). The highest BCUT2D eigenvalue weighted by Crippen LogP contribution is 2.31. The highest BCUT2D eigenvalue weighted by atomic mass is 35.5. The van der Waals surface area contributed by atoms with Crippen LogP contribution in [-0.2, 0) is 15.0 Å². The Balaban J connectivity index is 1.86. The molecule has 26 heavy (non-hydrogen) atoms. The summed E-state index contributed by atoms with van der Waals surface area (Å²) >= 11 is 7.16. The highest BCUT2D eigenvalue weighted by molar-refractivity contribution is 7.87. The lowest BCUT2D eigenvalue weighted by Crippen LogP contribution is -2.57. The normalized spacial score (nSPS) is 22.9. The minimum Gasteiger partial charge on any atom is -0.325 e. The summed E-state index contributed by atoms with van der Waals surface area (Å²) in [7, 11) is -3.81. The molecule has 1 aliphatic rings. The van der Waals surface area contributed by atoms with E-state index in [4.69, 9.17) is 11.6 Å². The molecule has 1 fully saturated rings. The number of anilines is 1. The van der Waals surface area contributed by atoms with E-state index < -0.39 is 34.0 Å². The van der Waals surface area contributed by atoms with Crippen LogP contribution >= 0.6 is 22.9 Å². The number of rotatable bonds is 4. The summed E-state index contributed by atoms with van der Waals surface area (Å²) in [5.74, 6) is -1.08. The molecule has 1 amide bonds. The summed E-state index contributed by atoms with van der Waals surface area (Å²) in [6.07, 6.45) is 0.286. The Morgan fingerprint density at radius 2 is 2.23 bits per heavy atom. The molecule has 0 aliphatic carbocycles. The fourth-order valence-electron chi connectivity index (χ4n) is 2.90. The van der Waals surface area contributed by atoms with Crippen LogP contribution in [0.4, 0.5) is 10.1 Å². The van der Waals surface area contributed by atoms with Gasteiger partial charge >= 0.3 is 0 Å². The fraction of sp³-hybridized carbons (Fsp3) is 0.312. The van der Waals surface area contributed by atoms with E-state index in [1.54, 1.807) is 6.92 Å². The number of hydrogen-bond acceptors (Lipinski definition) is 4. The van der Waals surface area contributed by atoms with Crippen molar-refractivity contribution >= 4 is 44.7 Å². The highest BCUT2D eigenvalue weighted by Gasteiger charge is 2.42. The van der Waals surface area contributed by atoms with Gasteiger partial charge in [-0.15, -0.1) is 11.3 Å². The maximum absolute atomic E-state index is 13.3. The van der Waals surface area contributed by atoms with Gasteiger partial charge in [0.05, 0.1) is 11.1 Å². The maximum Gasteiger partial charge on any atom is 0.280 e. The summed E-state index contributed by atoms with van der Waals surface area (Å²) < 4.78 is 42.1.